The lowest BCUT2D eigenvalue weighted by atomic mass is 9.93. The van der Waals surface area contributed by atoms with Crippen LogP contribution in [0, 0.1) is 5.92 Å². The van der Waals surface area contributed by atoms with Gasteiger partial charge in [-0.3, -0.25) is 0 Å². The number of benzene rings is 1. The third-order valence-electron chi connectivity index (χ3n) is 4.44. The fraction of sp³-hybridized carbons (Fsp3) is 0.647. The van der Waals surface area contributed by atoms with Gasteiger partial charge >= 0.3 is 0 Å². The summed E-state index contributed by atoms with van der Waals surface area (Å²) < 4.78 is 17.1. The van der Waals surface area contributed by atoms with Gasteiger partial charge in [-0.2, -0.15) is 0 Å². The van der Waals surface area contributed by atoms with E-state index in [0.717, 1.165) is 63.7 Å². The Morgan fingerprint density at radius 2 is 1.95 bits per heavy atom. The lowest BCUT2D eigenvalue weighted by Gasteiger charge is -2.28. The predicted octanol–water partition coefficient (Wildman–Crippen LogP) is 2.75. The Hall–Kier alpha value is -1.26. The van der Waals surface area contributed by atoms with Gasteiger partial charge in [0.2, 0.25) is 0 Å². The van der Waals surface area contributed by atoms with Crippen molar-refractivity contribution < 1.29 is 14.2 Å². The second kappa shape index (κ2) is 7.14. The van der Waals surface area contributed by atoms with Crippen molar-refractivity contribution in [2.24, 2.45) is 5.92 Å². The average Bonchev–Trinajstić information content (AvgIpc) is 2.79. The molecule has 4 nitrogen and oxygen atoms in total. The van der Waals surface area contributed by atoms with Crippen LogP contribution in [-0.2, 0) is 11.3 Å². The summed E-state index contributed by atoms with van der Waals surface area (Å²) in [6, 6.07) is 6.66. The number of rotatable bonds is 4. The predicted molar refractivity (Wildman–Crippen MR) is 81.9 cm³/mol. The van der Waals surface area contributed by atoms with Crippen molar-refractivity contribution in [1.82, 2.24) is 5.32 Å². The van der Waals surface area contributed by atoms with E-state index in [4.69, 9.17) is 14.2 Å². The first-order chi connectivity index (χ1) is 10.3. The molecule has 1 atom stereocenters. The van der Waals surface area contributed by atoms with Gasteiger partial charge in [0.1, 0.15) is 0 Å². The van der Waals surface area contributed by atoms with E-state index in [1.165, 1.54) is 5.56 Å². The Morgan fingerprint density at radius 3 is 2.81 bits per heavy atom. The van der Waals surface area contributed by atoms with Gasteiger partial charge in [0.05, 0.1) is 13.2 Å². The highest BCUT2D eigenvalue weighted by Gasteiger charge is 2.21. The molecule has 1 unspecified atom stereocenters. The standard InChI is InChI=1S/C17H25NO3/c1-13(14-6-10-19-11-7-14)18-12-15-4-2-5-16-17(15)21-9-3-8-20-16/h2,4-5,13-14,18H,3,6-12H2,1H3. The summed E-state index contributed by atoms with van der Waals surface area (Å²) in [6.07, 6.45) is 3.25. The number of para-hydroxylation sites is 1. The van der Waals surface area contributed by atoms with Crippen molar-refractivity contribution in [3.05, 3.63) is 23.8 Å². The van der Waals surface area contributed by atoms with Crippen molar-refractivity contribution in [3.63, 3.8) is 0 Å². The zero-order valence-corrected chi connectivity index (χ0v) is 12.8. The van der Waals surface area contributed by atoms with Gasteiger partial charge in [0.25, 0.3) is 0 Å². The molecule has 0 aliphatic carbocycles. The first-order valence-corrected chi connectivity index (χ1v) is 8.03. The first-order valence-electron chi connectivity index (χ1n) is 8.03. The normalized spacial score (nSPS) is 20.8. The number of ether oxygens (including phenoxy) is 3. The van der Waals surface area contributed by atoms with E-state index >= 15 is 0 Å². The quantitative estimate of drug-likeness (QED) is 0.926. The molecule has 1 aromatic rings. The average molecular weight is 291 g/mol. The Labute approximate surface area is 126 Å². The van der Waals surface area contributed by atoms with E-state index in [1.807, 2.05) is 12.1 Å². The molecule has 3 rings (SSSR count). The molecular formula is C17H25NO3. The molecule has 2 aliphatic heterocycles. The minimum absolute atomic E-state index is 0.497. The fourth-order valence-corrected chi connectivity index (χ4v) is 3.05. The van der Waals surface area contributed by atoms with Crippen LogP contribution in [-0.4, -0.2) is 32.5 Å². The molecule has 21 heavy (non-hydrogen) atoms. The van der Waals surface area contributed by atoms with E-state index < -0.39 is 0 Å². The zero-order valence-electron chi connectivity index (χ0n) is 12.8. The molecule has 0 aromatic heterocycles. The molecule has 2 heterocycles. The number of nitrogens with one attached hydrogen (secondary N) is 1. The minimum atomic E-state index is 0.497. The van der Waals surface area contributed by atoms with Crippen LogP contribution < -0.4 is 14.8 Å². The molecule has 1 aromatic carbocycles. The number of hydrogen-bond acceptors (Lipinski definition) is 4. The number of fused-ring (bicyclic) bond motifs is 1. The lowest BCUT2D eigenvalue weighted by Crippen LogP contribution is -2.36. The SMILES string of the molecule is CC(NCc1cccc2c1OCCCO2)C1CCOCC1. The Morgan fingerprint density at radius 1 is 1.14 bits per heavy atom. The third kappa shape index (κ3) is 3.69. The first kappa shape index (κ1) is 14.7. The van der Waals surface area contributed by atoms with E-state index in [9.17, 15) is 0 Å². The summed E-state index contributed by atoms with van der Waals surface area (Å²) in [5.41, 5.74) is 1.19. The highest BCUT2D eigenvalue weighted by molar-refractivity contribution is 5.47. The largest absolute Gasteiger partial charge is 0.490 e. The van der Waals surface area contributed by atoms with Crippen molar-refractivity contribution in [1.29, 1.82) is 0 Å². The van der Waals surface area contributed by atoms with Crippen LogP contribution in [0.5, 0.6) is 11.5 Å². The Bertz CT molecular complexity index is 457. The second-order valence-electron chi connectivity index (χ2n) is 5.91. The maximum atomic E-state index is 5.87. The smallest absolute Gasteiger partial charge is 0.165 e. The summed E-state index contributed by atoms with van der Waals surface area (Å²) in [7, 11) is 0. The molecule has 0 saturated carbocycles. The highest BCUT2D eigenvalue weighted by Crippen LogP contribution is 2.33. The van der Waals surface area contributed by atoms with Gasteiger partial charge in [0, 0.05) is 37.8 Å². The maximum absolute atomic E-state index is 5.87. The third-order valence-corrected chi connectivity index (χ3v) is 4.44. The Kier molecular flexibility index (Phi) is 4.99. The van der Waals surface area contributed by atoms with Crippen LogP contribution in [0.1, 0.15) is 31.7 Å². The van der Waals surface area contributed by atoms with E-state index in [2.05, 4.69) is 18.3 Å². The Balaban J connectivity index is 1.62. The van der Waals surface area contributed by atoms with Gasteiger partial charge in [-0.05, 0) is 31.7 Å². The molecule has 116 valence electrons. The molecule has 1 N–H and O–H groups in total. The molecular weight excluding hydrogens is 266 g/mol. The highest BCUT2D eigenvalue weighted by atomic mass is 16.5. The van der Waals surface area contributed by atoms with E-state index in [-0.39, 0.29) is 0 Å². The number of hydrogen-bond donors (Lipinski definition) is 1. The lowest BCUT2D eigenvalue weighted by molar-refractivity contribution is 0.0557. The van der Waals surface area contributed by atoms with Gasteiger partial charge in [-0.25, -0.2) is 0 Å². The molecule has 0 bridgehead atoms. The minimum Gasteiger partial charge on any atom is -0.490 e. The van der Waals surface area contributed by atoms with Gasteiger partial charge in [-0.15, -0.1) is 0 Å². The second-order valence-corrected chi connectivity index (χ2v) is 5.91. The molecule has 0 amide bonds. The zero-order chi connectivity index (χ0) is 14.5. The maximum Gasteiger partial charge on any atom is 0.165 e. The van der Waals surface area contributed by atoms with Crippen molar-refractivity contribution >= 4 is 0 Å². The van der Waals surface area contributed by atoms with E-state index in [1.54, 1.807) is 0 Å². The summed E-state index contributed by atoms with van der Waals surface area (Å²) in [4.78, 5) is 0. The van der Waals surface area contributed by atoms with Gasteiger partial charge in [0.15, 0.2) is 11.5 Å². The van der Waals surface area contributed by atoms with Gasteiger partial charge < -0.3 is 19.5 Å². The van der Waals surface area contributed by atoms with Crippen molar-refractivity contribution in [3.8, 4) is 11.5 Å². The molecule has 0 spiro atoms. The summed E-state index contributed by atoms with van der Waals surface area (Å²) in [6.45, 7) is 6.37. The summed E-state index contributed by atoms with van der Waals surface area (Å²) in [5.74, 6) is 2.51. The van der Waals surface area contributed by atoms with Crippen LogP contribution in [0.3, 0.4) is 0 Å². The van der Waals surface area contributed by atoms with Crippen LogP contribution >= 0.6 is 0 Å². The molecule has 1 fully saturated rings. The fourth-order valence-electron chi connectivity index (χ4n) is 3.05. The molecule has 0 radical (unpaired) electrons. The van der Waals surface area contributed by atoms with Crippen molar-refractivity contribution in [2.75, 3.05) is 26.4 Å². The molecule has 4 heteroatoms. The van der Waals surface area contributed by atoms with Gasteiger partial charge in [-0.1, -0.05) is 12.1 Å². The summed E-state index contributed by atoms with van der Waals surface area (Å²) in [5, 5.41) is 3.65. The van der Waals surface area contributed by atoms with E-state index in [0.29, 0.717) is 12.0 Å². The molecule has 2 aliphatic rings. The van der Waals surface area contributed by atoms with Crippen LogP contribution in [0.15, 0.2) is 18.2 Å². The molecule has 1 saturated heterocycles. The van der Waals surface area contributed by atoms with Crippen molar-refractivity contribution in [2.45, 2.75) is 38.8 Å². The van der Waals surface area contributed by atoms with Crippen LogP contribution in [0.2, 0.25) is 0 Å². The topological polar surface area (TPSA) is 39.7 Å². The van der Waals surface area contributed by atoms with Crippen LogP contribution in [0.25, 0.3) is 0 Å². The summed E-state index contributed by atoms with van der Waals surface area (Å²) >= 11 is 0. The monoisotopic (exact) mass is 291 g/mol. The van der Waals surface area contributed by atoms with Crippen LogP contribution in [0.4, 0.5) is 0 Å².